The van der Waals surface area contributed by atoms with Crippen molar-refractivity contribution in [3.63, 3.8) is 0 Å². The van der Waals surface area contributed by atoms with E-state index in [1.54, 1.807) is 4.90 Å². The molecule has 30 heavy (non-hydrogen) atoms. The molecule has 1 aromatic carbocycles. The highest BCUT2D eigenvalue weighted by Gasteiger charge is 2.25. The Bertz CT molecular complexity index is 716. The molecule has 1 aromatic rings. The number of carbonyl (C=O) groups is 2. The fraction of sp³-hybridized carbons (Fsp3) is 0.625. The summed E-state index contributed by atoms with van der Waals surface area (Å²) < 4.78 is 0. The summed E-state index contributed by atoms with van der Waals surface area (Å²) in [7, 11) is 0. The van der Waals surface area contributed by atoms with Gasteiger partial charge >= 0.3 is 0 Å². The number of amides is 2. The lowest BCUT2D eigenvalue weighted by atomic mass is 9.89. The summed E-state index contributed by atoms with van der Waals surface area (Å²) in [6.07, 6.45) is 7.51. The maximum atomic E-state index is 12.7. The minimum Gasteiger partial charge on any atom is -0.340 e. The third kappa shape index (κ3) is 6.56. The van der Waals surface area contributed by atoms with Gasteiger partial charge in [-0.1, -0.05) is 37.5 Å². The molecule has 2 fully saturated rings. The van der Waals surface area contributed by atoms with Crippen molar-refractivity contribution in [3.8, 4) is 6.07 Å². The minimum atomic E-state index is -0.0965. The molecule has 0 radical (unpaired) electrons. The van der Waals surface area contributed by atoms with Crippen LogP contribution in [-0.4, -0.2) is 60.9 Å². The second-order valence-electron chi connectivity index (χ2n) is 8.47. The summed E-state index contributed by atoms with van der Waals surface area (Å²) in [5, 5.41) is 8.90. The van der Waals surface area contributed by atoms with Crippen LogP contribution in [0.15, 0.2) is 30.3 Å². The number of nitriles is 1. The first kappa shape index (κ1) is 22.3. The van der Waals surface area contributed by atoms with Crippen molar-refractivity contribution in [1.82, 2.24) is 9.80 Å². The summed E-state index contributed by atoms with van der Waals surface area (Å²) in [6, 6.07) is 11.5. The van der Waals surface area contributed by atoms with E-state index in [1.807, 2.05) is 35.2 Å². The van der Waals surface area contributed by atoms with Gasteiger partial charge in [-0.3, -0.25) is 14.5 Å². The molecule has 3 rings (SSSR count). The highest BCUT2D eigenvalue weighted by atomic mass is 16.2. The Labute approximate surface area is 180 Å². The maximum Gasteiger partial charge on any atom is 0.227 e. The molecule has 0 N–H and O–H groups in total. The number of piperazine rings is 1. The summed E-state index contributed by atoms with van der Waals surface area (Å²) >= 11 is 0. The number of hydrogen-bond acceptors (Lipinski definition) is 4. The molecule has 2 amide bonds. The number of nitrogens with zero attached hydrogens (tertiary/aromatic N) is 4. The van der Waals surface area contributed by atoms with Crippen molar-refractivity contribution in [2.24, 2.45) is 5.92 Å². The molecule has 0 spiro atoms. The highest BCUT2D eigenvalue weighted by molar-refractivity contribution is 5.95. The first-order valence-corrected chi connectivity index (χ1v) is 11.4. The lowest BCUT2D eigenvalue weighted by Gasteiger charge is -2.37. The van der Waals surface area contributed by atoms with Crippen molar-refractivity contribution >= 4 is 17.5 Å². The zero-order valence-electron chi connectivity index (χ0n) is 18.0. The van der Waals surface area contributed by atoms with Crippen LogP contribution in [0.25, 0.3) is 0 Å². The molecule has 0 atom stereocenters. The van der Waals surface area contributed by atoms with Crippen LogP contribution in [0.5, 0.6) is 0 Å². The van der Waals surface area contributed by atoms with Gasteiger partial charge < -0.3 is 9.80 Å². The average molecular weight is 411 g/mol. The van der Waals surface area contributed by atoms with E-state index in [9.17, 15) is 9.59 Å². The van der Waals surface area contributed by atoms with Gasteiger partial charge in [0.2, 0.25) is 11.8 Å². The molecule has 1 aliphatic carbocycles. The molecular weight excluding hydrogens is 376 g/mol. The van der Waals surface area contributed by atoms with Gasteiger partial charge in [0, 0.05) is 57.8 Å². The van der Waals surface area contributed by atoms with Crippen molar-refractivity contribution in [3.05, 3.63) is 30.3 Å². The Kier molecular flexibility index (Phi) is 8.70. The molecule has 1 saturated heterocycles. The fourth-order valence-electron chi connectivity index (χ4n) is 4.59. The van der Waals surface area contributed by atoms with Gasteiger partial charge in [-0.25, -0.2) is 0 Å². The van der Waals surface area contributed by atoms with E-state index < -0.39 is 0 Å². The number of rotatable bonds is 8. The van der Waals surface area contributed by atoms with Crippen molar-refractivity contribution in [2.75, 3.05) is 44.2 Å². The molecule has 0 aromatic heterocycles. The van der Waals surface area contributed by atoms with Gasteiger partial charge in [0.15, 0.2) is 0 Å². The number of benzene rings is 1. The Morgan fingerprint density at radius 2 is 1.70 bits per heavy atom. The lowest BCUT2D eigenvalue weighted by molar-refractivity contribution is -0.134. The molecule has 1 heterocycles. The van der Waals surface area contributed by atoms with Gasteiger partial charge in [-0.05, 0) is 30.9 Å². The van der Waals surface area contributed by atoms with E-state index in [1.165, 1.54) is 38.6 Å². The minimum absolute atomic E-state index is 0.0639. The van der Waals surface area contributed by atoms with E-state index in [2.05, 4.69) is 11.0 Å². The van der Waals surface area contributed by atoms with E-state index in [4.69, 9.17) is 5.26 Å². The predicted octanol–water partition coefficient (Wildman–Crippen LogP) is 3.44. The van der Waals surface area contributed by atoms with E-state index in [-0.39, 0.29) is 31.1 Å². The Hall–Kier alpha value is -2.39. The van der Waals surface area contributed by atoms with Crippen LogP contribution in [0.3, 0.4) is 0 Å². The monoisotopic (exact) mass is 410 g/mol. The van der Waals surface area contributed by atoms with Crippen LogP contribution in [0.2, 0.25) is 0 Å². The molecule has 2 aliphatic rings. The molecule has 162 valence electrons. The van der Waals surface area contributed by atoms with Crippen molar-refractivity contribution in [2.45, 2.75) is 51.4 Å². The zero-order valence-corrected chi connectivity index (χ0v) is 18.0. The summed E-state index contributed by atoms with van der Waals surface area (Å²) in [5.41, 5.74) is 0.779. The number of anilines is 1. The molecule has 0 unspecified atom stereocenters. The van der Waals surface area contributed by atoms with E-state index in [0.29, 0.717) is 6.54 Å². The van der Waals surface area contributed by atoms with Gasteiger partial charge in [-0.2, -0.15) is 5.26 Å². The van der Waals surface area contributed by atoms with Gasteiger partial charge in [0.25, 0.3) is 0 Å². The summed E-state index contributed by atoms with van der Waals surface area (Å²) in [5.74, 6) is 0.797. The Morgan fingerprint density at radius 1 is 1.00 bits per heavy atom. The lowest BCUT2D eigenvalue weighted by Crippen LogP contribution is -2.50. The van der Waals surface area contributed by atoms with Crippen LogP contribution >= 0.6 is 0 Å². The third-order valence-electron chi connectivity index (χ3n) is 6.34. The van der Waals surface area contributed by atoms with Crippen LogP contribution in [0, 0.1) is 17.2 Å². The largest absolute Gasteiger partial charge is 0.340 e. The normalized spacial score (nSPS) is 18.0. The Balaban J connectivity index is 1.43. The first-order chi connectivity index (χ1) is 14.7. The second-order valence-corrected chi connectivity index (χ2v) is 8.47. The Morgan fingerprint density at radius 3 is 2.37 bits per heavy atom. The number of hydrogen-bond donors (Lipinski definition) is 0. The molecule has 0 bridgehead atoms. The maximum absolute atomic E-state index is 12.7. The predicted molar refractivity (Wildman–Crippen MR) is 118 cm³/mol. The fourth-order valence-corrected chi connectivity index (χ4v) is 4.59. The standard InChI is InChI=1S/C24H34N4O2/c25-14-7-15-28(22-10-5-2-6-11-22)24(30)13-12-23(29)27-18-16-26(17-19-27)20-21-8-3-1-4-9-21/h2,5-6,10-11,21H,1,3-4,7-9,12-13,15-20H2. The van der Waals surface area contributed by atoms with Crippen molar-refractivity contribution in [1.29, 1.82) is 5.26 Å². The smallest absolute Gasteiger partial charge is 0.227 e. The van der Waals surface area contributed by atoms with Crippen LogP contribution in [0.4, 0.5) is 5.69 Å². The van der Waals surface area contributed by atoms with Crippen LogP contribution in [0.1, 0.15) is 51.4 Å². The van der Waals surface area contributed by atoms with Crippen LogP contribution < -0.4 is 4.90 Å². The van der Waals surface area contributed by atoms with Gasteiger partial charge in [0.1, 0.15) is 0 Å². The summed E-state index contributed by atoms with van der Waals surface area (Å²) in [6.45, 7) is 4.93. The molecule has 6 heteroatoms. The third-order valence-corrected chi connectivity index (χ3v) is 6.34. The van der Waals surface area contributed by atoms with Crippen LogP contribution in [-0.2, 0) is 9.59 Å². The van der Waals surface area contributed by atoms with Gasteiger partial charge in [0.05, 0.1) is 12.5 Å². The quantitative estimate of drug-likeness (QED) is 0.658. The van der Waals surface area contributed by atoms with Gasteiger partial charge in [-0.15, -0.1) is 0 Å². The highest BCUT2D eigenvalue weighted by Crippen LogP contribution is 2.25. The number of carbonyl (C=O) groups excluding carboxylic acids is 2. The van der Waals surface area contributed by atoms with Crippen molar-refractivity contribution < 1.29 is 9.59 Å². The topological polar surface area (TPSA) is 67.6 Å². The zero-order chi connectivity index (χ0) is 21.2. The summed E-state index contributed by atoms with van der Waals surface area (Å²) in [4.78, 5) is 31.4. The number of para-hydroxylation sites is 1. The molecule has 1 saturated carbocycles. The SMILES string of the molecule is N#CCCN(C(=O)CCC(=O)N1CCN(CC2CCCCC2)CC1)c1ccccc1. The van der Waals surface area contributed by atoms with E-state index >= 15 is 0 Å². The molecule has 6 nitrogen and oxygen atoms in total. The second kappa shape index (κ2) is 11.7. The molecular formula is C24H34N4O2. The molecule has 1 aliphatic heterocycles. The average Bonchev–Trinajstić information content (AvgIpc) is 2.79. The first-order valence-electron chi connectivity index (χ1n) is 11.4. The van der Waals surface area contributed by atoms with E-state index in [0.717, 1.165) is 37.8 Å².